The summed E-state index contributed by atoms with van der Waals surface area (Å²) in [6.07, 6.45) is 6.28. The Kier molecular flexibility index (Phi) is 4.89. The lowest BCUT2D eigenvalue weighted by Gasteiger charge is -2.42. The van der Waals surface area contributed by atoms with Gasteiger partial charge in [0.15, 0.2) is 0 Å². The molecular formula is C15H26N2O3. The first-order valence-corrected chi connectivity index (χ1v) is 7.77. The van der Waals surface area contributed by atoms with E-state index in [0.717, 1.165) is 0 Å². The zero-order valence-electron chi connectivity index (χ0n) is 12.5. The predicted octanol–water partition coefficient (Wildman–Crippen LogP) is 2.32. The summed E-state index contributed by atoms with van der Waals surface area (Å²) in [7, 11) is 0. The Morgan fingerprint density at radius 3 is 2.25 bits per heavy atom. The normalized spacial score (nSPS) is 23.8. The van der Waals surface area contributed by atoms with Crippen molar-refractivity contribution < 1.29 is 14.7 Å². The van der Waals surface area contributed by atoms with Crippen LogP contribution in [0.25, 0.3) is 0 Å². The third-order valence-electron chi connectivity index (χ3n) is 5.00. The average Bonchev–Trinajstić information content (AvgIpc) is 2.37. The molecule has 2 fully saturated rings. The Balaban J connectivity index is 1.72. The van der Waals surface area contributed by atoms with Crippen LogP contribution in [0.15, 0.2) is 0 Å². The Labute approximate surface area is 120 Å². The molecule has 2 N–H and O–H groups in total. The van der Waals surface area contributed by atoms with Gasteiger partial charge in [-0.05, 0) is 25.7 Å². The van der Waals surface area contributed by atoms with Crippen LogP contribution >= 0.6 is 0 Å². The van der Waals surface area contributed by atoms with Crippen molar-refractivity contribution in [2.24, 2.45) is 17.8 Å². The molecule has 1 saturated carbocycles. The molecular weight excluding hydrogens is 256 g/mol. The van der Waals surface area contributed by atoms with Crippen molar-refractivity contribution in [1.82, 2.24) is 10.2 Å². The van der Waals surface area contributed by atoms with E-state index in [-0.39, 0.29) is 23.9 Å². The van der Waals surface area contributed by atoms with Gasteiger partial charge in [-0.25, -0.2) is 4.79 Å². The van der Waals surface area contributed by atoms with E-state index in [9.17, 15) is 9.59 Å². The highest BCUT2D eigenvalue weighted by Gasteiger charge is 2.37. The van der Waals surface area contributed by atoms with Gasteiger partial charge in [-0.15, -0.1) is 0 Å². The minimum absolute atomic E-state index is 0.0306. The van der Waals surface area contributed by atoms with Gasteiger partial charge < -0.3 is 15.3 Å². The monoisotopic (exact) mass is 282 g/mol. The summed E-state index contributed by atoms with van der Waals surface area (Å²) in [4.78, 5) is 24.7. The molecule has 2 atom stereocenters. The molecule has 0 aromatic rings. The summed E-state index contributed by atoms with van der Waals surface area (Å²) in [5.41, 5.74) is 0. The number of likely N-dealkylation sites (tertiary alicyclic amines) is 1. The SMILES string of the molecule is CC(NC(=O)N1CC(C(C)C(=O)O)C1)C1CCCCC1. The van der Waals surface area contributed by atoms with E-state index in [0.29, 0.717) is 19.0 Å². The van der Waals surface area contributed by atoms with E-state index in [1.165, 1.54) is 32.1 Å². The lowest BCUT2D eigenvalue weighted by molar-refractivity contribution is -0.144. The van der Waals surface area contributed by atoms with Crippen LogP contribution in [0, 0.1) is 17.8 Å². The molecule has 2 aliphatic rings. The second-order valence-electron chi connectivity index (χ2n) is 6.43. The number of carboxylic acids is 1. The largest absolute Gasteiger partial charge is 0.481 e. The first-order chi connectivity index (χ1) is 9.49. The summed E-state index contributed by atoms with van der Waals surface area (Å²) < 4.78 is 0. The molecule has 0 spiro atoms. The molecule has 1 aliphatic carbocycles. The Morgan fingerprint density at radius 2 is 1.70 bits per heavy atom. The molecule has 1 saturated heterocycles. The van der Waals surface area contributed by atoms with Gasteiger partial charge >= 0.3 is 12.0 Å². The molecule has 20 heavy (non-hydrogen) atoms. The van der Waals surface area contributed by atoms with E-state index >= 15 is 0 Å². The Morgan fingerprint density at radius 1 is 1.10 bits per heavy atom. The summed E-state index contributed by atoms with van der Waals surface area (Å²) in [6.45, 7) is 4.94. The van der Waals surface area contributed by atoms with Crippen molar-refractivity contribution >= 4 is 12.0 Å². The topological polar surface area (TPSA) is 69.6 Å². The third-order valence-corrected chi connectivity index (χ3v) is 5.00. The van der Waals surface area contributed by atoms with Gasteiger partial charge in [0.05, 0.1) is 5.92 Å². The molecule has 1 aliphatic heterocycles. The van der Waals surface area contributed by atoms with E-state index in [1.54, 1.807) is 11.8 Å². The summed E-state index contributed by atoms with van der Waals surface area (Å²) in [6, 6.07) is 0.190. The van der Waals surface area contributed by atoms with Crippen LogP contribution in [0.5, 0.6) is 0 Å². The molecule has 2 amide bonds. The minimum atomic E-state index is -0.773. The smallest absolute Gasteiger partial charge is 0.317 e. The zero-order valence-corrected chi connectivity index (χ0v) is 12.5. The number of urea groups is 1. The van der Waals surface area contributed by atoms with Crippen molar-refractivity contribution in [3.8, 4) is 0 Å². The van der Waals surface area contributed by atoms with Gasteiger partial charge in [0.25, 0.3) is 0 Å². The fourth-order valence-electron chi connectivity index (χ4n) is 3.23. The third kappa shape index (κ3) is 3.44. The number of carboxylic acid groups (broad SMARTS) is 1. The standard InChI is InChI=1S/C15H26N2O3/c1-10(14(18)19)13-8-17(9-13)15(20)16-11(2)12-6-4-3-5-7-12/h10-13H,3-9H2,1-2H3,(H,16,20)(H,18,19). The van der Waals surface area contributed by atoms with E-state index in [2.05, 4.69) is 12.2 Å². The number of hydrogen-bond donors (Lipinski definition) is 2. The maximum absolute atomic E-state index is 12.1. The lowest BCUT2D eigenvalue weighted by Crippen LogP contribution is -2.58. The molecule has 2 rings (SSSR count). The van der Waals surface area contributed by atoms with Crippen LogP contribution in [-0.4, -0.2) is 41.1 Å². The predicted molar refractivity (Wildman–Crippen MR) is 76.4 cm³/mol. The molecule has 2 unspecified atom stereocenters. The van der Waals surface area contributed by atoms with Crippen molar-refractivity contribution in [1.29, 1.82) is 0 Å². The van der Waals surface area contributed by atoms with Crippen molar-refractivity contribution in [2.45, 2.75) is 52.0 Å². The molecule has 5 nitrogen and oxygen atoms in total. The van der Waals surface area contributed by atoms with Gasteiger partial charge in [-0.1, -0.05) is 26.2 Å². The first kappa shape index (κ1) is 15.1. The number of aliphatic carboxylic acids is 1. The van der Waals surface area contributed by atoms with Crippen molar-refractivity contribution in [2.75, 3.05) is 13.1 Å². The maximum Gasteiger partial charge on any atom is 0.317 e. The number of carbonyl (C=O) groups is 2. The number of rotatable bonds is 4. The Bertz CT molecular complexity index is 360. The number of carbonyl (C=O) groups excluding carboxylic acids is 1. The van der Waals surface area contributed by atoms with E-state index in [1.807, 2.05) is 0 Å². The molecule has 0 aromatic carbocycles. The highest BCUT2D eigenvalue weighted by molar-refractivity contribution is 5.76. The number of nitrogens with zero attached hydrogens (tertiary/aromatic N) is 1. The summed E-state index contributed by atoms with van der Waals surface area (Å²) in [5.74, 6) is -0.439. The second-order valence-corrected chi connectivity index (χ2v) is 6.43. The lowest BCUT2D eigenvalue weighted by atomic mass is 9.84. The van der Waals surface area contributed by atoms with Crippen molar-refractivity contribution in [3.05, 3.63) is 0 Å². The van der Waals surface area contributed by atoms with Crippen LogP contribution in [-0.2, 0) is 4.79 Å². The second kappa shape index (κ2) is 6.46. The molecule has 114 valence electrons. The van der Waals surface area contributed by atoms with Crippen LogP contribution in [0.2, 0.25) is 0 Å². The molecule has 0 radical (unpaired) electrons. The van der Waals surface area contributed by atoms with Crippen molar-refractivity contribution in [3.63, 3.8) is 0 Å². The van der Waals surface area contributed by atoms with Crippen LogP contribution < -0.4 is 5.32 Å². The quantitative estimate of drug-likeness (QED) is 0.831. The fraction of sp³-hybridized carbons (Fsp3) is 0.867. The minimum Gasteiger partial charge on any atom is -0.481 e. The first-order valence-electron chi connectivity index (χ1n) is 7.77. The molecule has 0 bridgehead atoms. The van der Waals surface area contributed by atoms with E-state index < -0.39 is 5.97 Å². The Hall–Kier alpha value is -1.26. The van der Waals surface area contributed by atoms with Crippen LogP contribution in [0.3, 0.4) is 0 Å². The van der Waals surface area contributed by atoms with Gasteiger partial charge in [0, 0.05) is 25.0 Å². The number of hydrogen-bond acceptors (Lipinski definition) is 2. The average molecular weight is 282 g/mol. The fourth-order valence-corrected chi connectivity index (χ4v) is 3.23. The van der Waals surface area contributed by atoms with Gasteiger partial charge in [-0.2, -0.15) is 0 Å². The van der Waals surface area contributed by atoms with Crippen LogP contribution in [0.4, 0.5) is 4.79 Å². The molecule has 0 aromatic heterocycles. The van der Waals surface area contributed by atoms with Gasteiger partial charge in [0.2, 0.25) is 0 Å². The summed E-state index contributed by atoms with van der Waals surface area (Å²) in [5, 5.41) is 12.0. The van der Waals surface area contributed by atoms with Crippen LogP contribution in [0.1, 0.15) is 46.0 Å². The number of amides is 2. The zero-order chi connectivity index (χ0) is 14.7. The molecule has 1 heterocycles. The van der Waals surface area contributed by atoms with E-state index in [4.69, 9.17) is 5.11 Å². The highest BCUT2D eigenvalue weighted by Crippen LogP contribution is 2.27. The number of nitrogens with one attached hydrogen (secondary N) is 1. The summed E-state index contributed by atoms with van der Waals surface area (Å²) >= 11 is 0. The van der Waals surface area contributed by atoms with Gasteiger partial charge in [-0.3, -0.25) is 4.79 Å². The highest BCUT2D eigenvalue weighted by atomic mass is 16.4. The molecule has 5 heteroatoms. The van der Waals surface area contributed by atoms with Gasteiger partial charge in [0.1, 0.15) is 0 Å². The maximum atomic E-state index is 12.1.